The molecule has 0 N–H and O–H groups in total. The van der Waals surface area contributed by atoms with E-state index in [1.54, 1.807) is 0 Å². The lowest BCUT2D eigenvalue weighted by atomic mass is 9.85. The first-order valence-corrected chi connectivity index (χ1v) is 8.27. The highest BCUT2D eigenvalue weighted by Crippen LogP contribution is 2.29. The SMILES string of the molecule is Cc1ccc(C(=O)CCC2CCCCC2)c2ccccc12. The van der Waals surface area contributed by atoms with Gasteiger partial charge in [0.1, 0.15) is 0 Å². The van der Waals surface area contributed by atoms with Crippen molar-refractivity contribution in [2.24, 2.45) is 5.92 Å². The van der Waals surface area contributed by atoms with Crippen LogP contribution in [0, 0.1) is 12.8 Å². The Kier molecular flexibility index (Phi) is 4.38. The van der Waals surface area contributed by atoms with Crippen LogP contribution in [-0.2, 0) is 0 Å². The smallest absolute Gasteiger partial charge is 0.163 e. The number of benzene rings is 2. The highest BCUT2D eigenvalue weighted by atomic mass is 16.1. The van der Waals surface area contributed by atoms with Crippen LogP contribution in [0.1, 0.15) is 60.9 Å². The summed E-state index contributed by atoms with van der Waals surface area (Å²) in [5.74, 6) is 1.09. The topological polar surface area (TPSA) is 17.1 Å². The van der Waals surface area contributed by atoms with Gasteiger partial charge in [0.15, 0.2) is 5.78 Å². The molecule has 1 aliphatic rings. The maximum absolute atomic E-state index is 12.6. The minimum atomic E-state index is 0.316. The quantitative estimate of drug-likeness (QED) is 0.657. The van der Waals surface area contributed by atoms with Crippen molar-refractivity contribution in [3.05, 3.63) is 47.5 Å². The second-order valence-corrected chi connectivity index (χ2v) is 6.44. The first-order chi connectivity index (χ1) is 10.3. The lowest BCUT2D eigenvalue weighted by molar-refractivity contribution is 0.0972. The highest BCUT2D eigenvalue weighted by molar-refractivity contribution is 6.08. The Morgan fingerprint density at radius 3 is 2.48 bits per heavy atom. The van der Waals surface area contributed by atoms with E-state index in [2.05, 4.69) is 25.1 Å². The third kappa shape index (κ3) is 3.18. The number of ketones is 1. The third-order valence-corrected chi connectivity index (χ3v) is 4.95. The fourth-order valence-corrected chi connectivity index (χ4v) is 3.64. The first-order valence-electron chi connectivity index (χ1n) is 8.27. The van der Waals surface area contributed by atoms with E-state index >= 15 is 0 Å². The fraction of sp³-hybridized carbons (Fsp3) is 0.450. The third-order valence-electron chi connectivity index (χ3n) is 4.95. The zero-order valence-corrected chi connectivity index (χ0v) is 12.9. The number of fused-ring (bicyclic) bond motifs is 1. The summed E-state index contributed by atoms with van der Waals surface area (Å²) < 4.78 is 0. The van der Waals surface area contributed by atoms with E-state index in [0.29, 0.717) is 12.2 Å². The van der Waals surface area contributed by atoms with Gasteiger partial charge in [-0.1, -0.05) is 68.5 Å². The van der Waals surface area contributed by atoms with Gasteiger partial charge in [-0.05, 0) is 35.6 Å². The number of hydrogen-bond acceptors (Lipinski definition) is 1. The minimum absolute atomic E-state index is 0.316. The molecule has 0 unspecified atom stereocenters. The zero-order valence-electron chi connectivity index (χ0n) is 12.9. The average Bonchev–Trinajstić information content (AvgIpc) is 2.54. The van der Waals surface area contributed by atoms with Crippen molar-refractivity contribution in [1.82, 2.24) is 0 Å². The van der Waals surface area contributed by atoms with Crippen LogP contribution in [0.3, 0.4) is 0 Å². The lowest BCUT2D eigenvalue weighted by Crippen LogP contribution is -2.09. The van der Waals surface area contributed by atoms with Crippen LogP contribution in [-0.4, -0.2) is 5.78 Å². The van der Waals surface area contributed by atoms with Gasteiger partial charge in [-0.2, -0.15) is 0 Å². The molecule has 110 valence electrons. The summed E-state index contributed by atoms with van der Waals surface area (Å²) in [6, 6.07) is 12.4. The van der Waals surface area contributed by atoms with Gasteiger partial charge in [0, 0.05) is 12.0 Å². The Morgan fingerprint density at radius 1 is 1.00 bits per heavy atom. The van der Waals surface area contributed by atoms with E-state index in [1.165, 1.54) is 43.1 Å². The Bertz CT molecular complexity index is 635. The van der Waals surface area contributed by atoms with Gasteiger partial charge in [-0.15, -0.1) is 0 Å². The zero-order chi connectivity index (χ0) is 14.7. The molecule has 1 heteroatoms. The van der Waals surface area contributed by atoms with Gasteiger partial charge in [-0.3, -0.25) is 4.79 Å². The predicted octanol–water partition coefficient (Wildman–Crippen LogP) is 5.69. The van der Waals surface area contributed by atoms with Crippen molar-refractivity contribution in [2.45, 2.75) is 51.9 Å². The summed E-state index contributed by atoms with van der Waals surface area (Å²) in [4.78, 5) is 12.6. The normalized spacial score (nSPS) is 16.2. The van der Waals surface area contributed by atoms with Crippen LogP contribution in [0.5, 0.6) is 0 Å². The summed E-state index contributed by atoms with van der Waals surface area (Å²) in [7, 11) is 0. The molecule has 0 bridgehead atoms. The number of Topliss-reactive ketones (excluding diaryl/α,β-unsaturated/α-hetero) is 1. The first kappa shape index (κ1) is 14.3. The molecule has 21 heavy (non-hydrogen) atoms. The molecule has 0 saturated heterocycles. The Balaban J connectivity index is 1.77. The molecule has 0 radical (unpaired) electrons. The van der Waals surface area contributed by atoms with Gasteiger partial charge in [0.25, 0.3) is 0 Å². The minimum Gasteiger partial charge on any atom is -0.294 e. The molecule has 0 atom stereocenters. The van der Waals surface area contributed by atoms with E-state index < -0.39 is 0 Å². The van der Waals surface area contributed by atoms with E-state index in [-0.39, 0.29) is 0 Å². The second-order valence-electron chi connectivity index (χ2n) is 6.44. The molecule has 0 heterocycles. The van der Waals surface area contributed by atoms with Crippen molar-refractivity contribution < 1.29 is 4.79 Å². The molecule has 1 nitrogen and oxygen atoms in total. The molecular formula is C20H24O. The summed E-state index contributed by atoms with van der Waals surface area (Å²) in [6.07, 6.45) is 8.51. The van der Waals surface area contributed by atoms with Gasteiger partial charge < -0.3 is 0 Å². The molecule has 0 aromatic heterocycles. The predicted molar refractivity (Wildman–Crippen MR) is 88.8 cm³/mol. The van der Waals surface area contributed by atoms with Crippen molar-refractivity contribution >= 4 is 16.6 Å². The molecule has 0 aliphatic heterocycles. The number of carbonyl (C=O) groups excluding carboxylic acids is 1. The van der Waals surface area contributed by atoms with Crippen LogP contribution in [0.15, 0.2) is 36.4 Å². The molecule has 1 aliphatic carbocycles. The lowest BCUT2D eigenvalue weighted by Gasteiger charge is -2.21. The van der Waals surface area contributed by atoms with Gasteiger partial charge >= 0.3 is 0 Å². The number of aryl methyl sites for hydroxylation is 1. The fourth-order valence-electron chi connectivity index (χ4n) is 3.64. The van der Waals surface area contributed by atoms with Crippen molar-refractivity contribution in [3.8, 4) is 0 Å². The van der Waals surface area contributed by atoms with E-state index in [9.17, 15) is 4.79 Å². The maximum Gasteiger partial charge on any atom is 0.163 e. The monoisotopic (exact) mass is 280 g/mol. The average molecular weight is 280 g/mol. The Labute approximate surface area is 127 Å². The van der Waals surface area contributed by atoms with E-state index in [0.717, 1.165) is 23.3 Å². The molecule has 1 saturated carbocycles. The number of rotatable bonds is 4. The van der Waals surface area contributed by atoms with Crippen molar-refractivity contribution in [3.63, 3.8) is 0 Å². The van der Waals surface area contributed by atoms with Crippen LogP contribution in [0.2, 0.25) is 0 Å². The van der Waals surface area contributed by atoms with E-state index in [1.807, 2.05) is 18.2 Å². The summed E-state index contributed by atoms with van der Waals surface area (Å²) >= 11 is 0. The summed E-state index contributed by atoms with van der Waals surface area (Å²) in [5, 5.41) is 2.33. The second kappa shape index (κ2) is 6.43. The molecule has 3 rings (SSSR count). The van der Waals surface area contributed by atoms with Crippen LogP contribution in [0.25, 0.3) is 10.8 Å². The standard InChI is InChI=1S/C20H24O/c1-15-11-13-19(18-10-6-5-9-17(15)18)20(21)14-12-16-7-3-2-4-8-16/h5-6,9-11,13,16H,2-4,7-8,12,14H2,1H3. The van der Waals surface area contributed by atoms with Crippen LogP contribution < -0.4 is 0 Å². The van der Waals surface area contributed by atoms with Crippen LogP contribution >= 0.6 is 0 Å². The maximum atomic E-state index is 12.6. The molecular weight excluding hydrogens is 256 g/mol. The van der Waals surface area contributed by atoms with Gasteiger partial charge in [0.05, 0.1) is 0 Å². The van der Waals surface area contributed by atoms with Crippen LogP contribution in [0.4, 0.5) is 0 Å². The number of carbonyl (C=O) groups is 1. The summed E-state index contributed by atoms with van der Waals surface area (Å²) in [6.45, 7) is 2.11. The highest BCUT2D eigenvalue weighted by Gasteiger charge is 2.16. The van der Waals surface area contributed by atoms with Gasteiger partial charge in [0.2, 0.25) is 0 Å². The molecule has 1 fully saturated rings. The number of hydrogen-bond donors (Lipinski definition) is 0. The van der Waals surface area contributed by atoms with Crippen molar-refractivity contribution in [1.29, 1.82) is 0 Å². The van der Waals surface area contributed by atoms with Gasteiger partial charge in [-0.25, -0.2) is 0 Å². The largest absolute Gasteiger partial charge is 0.294 e. The Morgan fingerprint density at radius 2 is 1.71 bits per heavy atom. The van der Waals surface area contributed by atoms with E-state index in [4.69, 9.17) is 0 Å². The summed E-state index contributed by atoms with van der Waals surface area (Å²) in [5.41, 5.74) is 2.15. The molecule has 0 spiro atoms. The molecule has 0 amide bonds. The molecule has 2 aromatic rings. The van der Waals surface area contributed by atoms with Crippen molar-refractivity contribution in [2.75, 3.05) is 0 Å². The Hall–Kier alpha value is -1.63. The molecule has 2 aromatic carbocycles.